The second kappa shape index (κ2) is 2.85. The van der Waals surface area contributed by atoms with E-state index in [0.717, 1.165) is 4.47 Å². The molecule has 2 aromatic rings. The van der Waals surface area contributed by atoms with Gasteiger partial charge in [-0.25, -0.2) is 0 Å². The lowest BCUT2D eigenvalue weighted by molar-refractivity contribution is 0.0993. The Balaban J connectivity index is 2.76. The first-order valence-corrected chi connectivity index (χ1v) is 4.32. The fourth-order valence-electron chi connectivity index (χ4n) is 1.09. The third kappa shape index (κ3) is 1.31. The molecule has 2 rings (SSSR count). The van der Waals surface area contributed by atoms with Crippen molar-refractivity contribution in [3.63, 3.8) is 0 Å². The minimum absolute atomic E-state index is 0.169. The molecule has 2 N–H and O–H groups in total. The summed E-state index contributed by atoms with van der Waals surface area (Å²) in [5, 5.41) is 4.20. The topological polar surface area (TPSA) is 69.1 Å². The van der Waals surface area contributed by atoms with Gasteiger partial charge in [-0.05, 0) is 18.2 Å². The van der Waals surface area contributed by atoms with Gasteiger partial charge in [0.1, 0.15) is 0 Å². The minimum Gasteiger partial charge on any atom is -0.364 e. The summed E-state index contributed by atoms with van der Waals surface area (Å²) in [6.45, 7) is 0. The van der Waals surface area contributed by atoms with Gasteiger partial charge in [-0.3, -0.25) is 4.79 Å². The van der Waals surface area contributed by atoms with E-state index in [2.05, 4.69) is 21.1 Å². The smallest absolute Gasteiger partial charge is 0.271 e. The maximum Gasteiger partial charge on any atom is 0.271 e. The number of primary amides is 1. The number of fused-ring (bicyclic) bond motifs is 1. The van der Waals surface area contributed by atoms with E-state index in [1.807, 2.05) is 0 Å². The number of benzene rings is 1. The van der Waals surface area contributed by atoms with Crippen molar-refractivity contribution in [1.29, 1.82) is 0 Å². The Kier molecular flexibility index (Phi) is 1.81. The van der Waals surface area contributed by atoms with E-state index < -0.39 is 5.91 Å². The molecule has 0 saturated heterocycles. The number of amides is 1. The molecule has 0 fully saturated rings. The molecule has 0 bridgehead atoms. The van der Waals surface area contributed by atoms with Gasteiger partial charge in [-0.1, -0.05) is 21.1 Å². The lowest BCUT2D eigenvalue weighted by Gasteiger charge is -1.89. The largest absolute Gasteiger partial charge is 0.364 e. The quantitative estimate of drug-likeness (QED) is 0.825. The maximum absolute atomic E-state index is 10.8. The third-order valence-corrected chi connectivity index (χ3v) is 2.16. The Morgan fingerprint density at radius 2 is 2.31 bits per heavy atom. The summed E-state index contributed by atoms with van der Waals surface area (Å²) in [4.78, 5) is 10.8. The Morgan fingerprint density at radius 3 is 3.00 bits per heavy atom. The van der Waals surface area contributed by atoms with Crippen LogP contribution in [0, 0.1) is 0 Å². The van der Waals surface area contributed by atoms with Crippen molar-refractivity contribution in [1.82, 2.24) is 5.16 Å². The van der Waals surface area contributed by atoms with E-state index in [-0.39, 0.29) is 5.69 Å². The highest BCUT2D eigenvalue weighted by Gasteiger charge is 2.12. The van der Waals surface area contributed by atoms with Crippen LogP contribution in [0.15, 0.2) is 27.2 Å². The molecule has 0 aliphatic heterocycles. The first-order chi connectivity index (χ1) is 6.18. The molecule has 0 aliphatic rings. The lowest BCUT2D eigenvalue weighted by Crippen LogP contribution is -2.11. The van der Waals surface area contributed by atoms with Gasteiger partial charge in [-0.2, -0.15) is 0 Å². The molecule has 1 aromatic heterocycles. The van der Waals surface area contributed by atoms with Crippen LogP contribution in [-0.4, -0.2) is 11.1 Å². The molecule has 0 spiro atoms. The van der Waals surface area contributed by atoms with E-state index in [9.17, 15) is 4.79 Å². The van der Waals surface area contributed by atoms with Gasteiger partial charge in [0.05, 0.1) is 5.39 Å². The summed E-state index contributed by atoms with van der Waals surface area (Å²) in [6, 6.07) is 5.26. The number of carbonyl (C=O) groups is 1. The first kappa shape index (κ1) is 8.25. The van der Waals surface area contributed by atoms with Gasteiger partial charge in [0, 0.05) is 4.47 Å². The van der Waals surface area contributed by atoms with Gasteiger partial charge in [0.15, 0.2) is 11.3 Å². The van der Waals surface area contributed by atoms with Crippen molar-refractivity contribution >= 4 is 32.8 Å². The zero-order valence-corrected chi connectivity index (χ0v) is 8.04. The Labute approximate surface area is 81.8 Å². The third-order valence-electron chi connectivity index (χ3n) is 1.67. The number of aromatic nitrogens is 1. The van der Waals surface area contributed by atoms with E-state index in [4.69, 9.17) is 10.3 Å². The summed E-state index contributed by atoms with van der Waals surface area (Å²) in [6.07, 6.45) is 0. The zero-order chi connectivity index (χ0) is 9.42. The molecule has 0 radical (unpaired) electrons. The van der Waals surface area contributed by atoms with E-state index in [0.29, 0.717) is 11.0 Å². The molecule has 0 atom stereocenters. The fraction of sp³-hybridized carbons (Fsp3) is 0. The zero-order valence-electron chi connectivity index (χ0n) is 6.45. The van der Waals surface area contributed by atoms with Gasteiger partial charge in [-0.15, -0.1) is 0 Å². The molecule has 1 aromatic carbocycles. The standard InChI is InChI=1S/C8H5BrN2O2/c9-4-1-2-5-6(3-4)13-11-7(5)8(10)12/h1-3H,(H2,10,12). The van der Waals surface area contributed by atoms with Crippen LogP contribution in [0.3, 0.4) is 0 Å². The number of halogens is 1. The highest BCUT2D eigenvalue weighted by Crippen LogP contribution is 2.22. The maximum atomic E-state index is 10.8. The molecule has 0 unspecified atom stereocenters. The highest BCUT2D eigenvalue weighted by molar-refractivity contribution is 9.10. The first-order valence-electron chi connectivity index (χ1n) is 3.53. The van der Waals surface area contributed by atoms with Gasteiger partial charge < -0.3 is 10.3 Å². The van der Waals surface area contributed by atoms with Gasteiger partial charge in [0.2, 0.25) is 0 Å². The number of carbonyl (C=O) groups excluding carboxylic acids is 1. The highest BCUT2D eigenvalue weighted by atomic mass is 79.9. The summed E-state index contributed by atoms with van der Waals surface area (Å²) < 4.78 is 5.78. The van der Waals surface area contributed by atoms with E-state index >= 15 is 0 Å². The Hall–Kier alpha value is -1.36. The van der Waals surface area contributed by atoms with Crippen LogP contribution < -0.4 is 5.73 Å². The molecule has 5 heteroatoms. The summed E-state index contributed by atoms with van der Waals surface area (Å²) in [5.74, 6) is -0.582. The van der Waals surface area contributed by atoms with Gasteiger partial charge >= 0.3 is 0 Å². The summed E-state index contributed by atoms with van der Waals surface area (Å²) >= 11 is 3.27. The van der Waals surface area contributed by atoms with Crippen LogP contribution in [0.1, 0.15) is 10.5 Å². The van der Waals surface area contributed by atoms with Crippen LogP contribution in [-0.2, 0) is 0 Å². The van der Waals surface area contributed by atoms with Crippen LogP contribution in [0.2, 0.25) is 0 Å². The van der Waals surface area contributed by atoms with Crippen LogP contribution in [0.4, 0.5) is 0 Å². The number of nitrogens with zero attached hydrogens (tertiary/aromatic N) is 1. The fourth-order valence-corrected chi connectivity index (χ4v) is 1.43. The molecule has 13 heavy (non-hydrogen) atoms. The molecule has 0 saturated carbocycles. The average molecular weight is 241 g/mol. The van der Waals surface area contributed by atoms with Crippen molar-refractivity contribution < 1.29 is 9.32 Å². The predicted molar refractivity (Wildman–Crippen MR) is 50.2 cm³/mol. The Morgan fingerprint density at radius 1 is 1.54 bits per heavy atom. The number of hydrogen-bond donors (Lipinski definition) is 1. The molecule has 4 nitrogen and oxygen atoms in total. The minimum atomic E-state index is -0.582. The summed E-state index contributed by atoms with van der Waals surface area (Å²) in [7, 11) is 0. The van der Waals surface area contributed by atoms with Crippen LogP contribution in [0.5, 0.6) is 0 Å². The number of rotatable bonds is 1. The van der Waals surface area contributed by atoms with Crippen molar-refractivity contribution in [2.24, 2.45) is 5.73 Å². The van der Waals surface area contributed by atoms with E-state index in [1.165, 1.54) is 0 Å². The van der Waals surface area contributed by atoms with Crippen molar-refractivity contribution in [3.05, 3.63) is 28.4 Å². The number of nitrogens with two attached hydrogens (primary N) is 1. The Bertz CT molecular complexity index is 478. The predicted octanol–water partition coefficient (Wildman–Crippen LogP) is 1.69. The second-order valence-electron chi connectivity index (χ2n) is 2.54. The van der Waals surface area contributed by atoms with Crippen molar-refractivity contribution in [2.75, 3.05) is 0 Å². The monoisotopic (exact) mass is 240 g/mol. The van der Waals surface area contributed by atoms with Crippen molar-refractivity contribution in [2.45, 2.75) is 0 Å². The molecular weight excluding hydrogens is 236 g/mol. The normalized spacial score (nSPS) is 10.5. The molecule has 0 aliphatic carbocycles. The average Bonchev–Trinajstić information content (AvgIpc) is 2.46. The van der Waals surface area contributed by atoms with Crippen molar-refractivity contribution in [3.8, 4) is 0 Å². The summed E-state index contributed by atoms with van der Waals surface area (Å²) in [5.41, 5.74) is 5.80. The molecule has 1 amide bonds. The molecular formula is C8H5BrN2O2. The van der Waals surface area contributed by atoms with Crippen LogP contribution >= 0.6 is 15.9 Å². The number of hydrogen-bond acceptors (Lipinski definition) is 3. The van der Waals surface area contributed by atoms with Crippen LogP contribution in [0.25, 0.3) is 11.0 Å². The lowest BCUT2D eigenvalue weighted by atomic mass is 10.2. The van der Waals surface area contributed by atoms with E-state index in [1.54, 1.807) is 18.2 Å². The van der Waals surface area contributed by atoms with Gasteiger partial charge in [0.25, 0.3) is 5.91 Å². The molecule has 1 heterocycles. The molecule has 66 valence electrons. The SMILES string of the molecule is NC(=O)c1noc2cc(Br)ccc12. The second-order valence-corrected chi connectivity index (χ2v) is 3.45.